The second-order valence-electron chi connectivity index (χ2n) is 8.15. The first-order chi connectivity index (χ1) is 14.9. The first-order valence-corrected chi connectivity index (χ1v) is 12.3. The van der Waals surface area contributed by atoms with Crippen LogP contribution in [0, 0.1) is 11.3 Å². The molecule has 4 rings (SSSR count). The van der Waals surface area contributed by atoms with E-state index in [1.54, 1.807) is 17.0 Å². The molecule has 2 aliphatic rings. The minimum Gasteiger partial charge on any atom is -0.491 e. The number of carbonyl (C=O) groups excluding carboxylic acids is 1. The number of rotatable bonds is 6. The Bertz CT molecular complexity index is 1130. The summed E-state index contributed by atoms with van der Waals surface area (Å²) in [5.74, 6) is 0.670. The lowest BCUT2D eigenvalue weighted by atomic mass is 10.1. The van der Waals surface area contributed by atoms with E-state index in [1.165, 1.54) is 0 Å². The van der Waals surface area contributed by atoms with Crippen LogP contribution in [-0.2, 0) is 14.8 Å². The van der Waals surface area contributed by atoms with Crippen LogP contribution in [0.15, 0.2) is 36.4 Å². The van der Waals surface area contributed by atoms with Crippen LogP contribution in [-0.4, -0.2) is 56.8 Å². The van der Waals surface area contributed by atoms with Crippen molar-refractivity contribution in [2.24, 2.45) is 0 Å². The monoisotopic (exact) mass is 442 g/mol. The Morgan fingerprint density at radius 1 is 1.23 bits per heavy atom. The normalized spacial score (nSPS) is 23.6. The molecule has 8 nitrogen and oxygen atoms in total. The van der Waals surface area contributed by atoms with Crippen molar-refractivity contribution in [2.75, 3.05) is 24.1 Å². The SMILES string of the molecule is CS(=O)(=O)Nc1ccc(OC[C@H]2CC[C@@H](C(=O)N3CCC[C@H]3C#N)N2)c2ccccc12. The quantitative estimate of drug-likeness (QED) is 0.710. The van der Waals surface area contributed by atoms with Gasteiger partial charge in [0.2, 0.25) is 15.9 Å². The van der Waals surface area contributed by atoms with Crippen LogP contribution in [0.4, 0.5) is 5.69 Å². The van der Waals surface area contributed by atoms with Gasteiger partial charge < -0.3 is 9.64 Å². The zero-order valence-electron chi connectivity index (χ0n) is 17.4. The minimum absolute atomic E-state index is 0.00759. The maximum absolute atomic E-state index is 12.8. The number of ether oxygens (including phenoxy) is 1. The van der Waals surface area contributed by atoms with Gasteiger partial charge in [0.15, 0.2) is 0 Å². The molecule has 164 valence electrons. The summed E-state index contributed by atoms with van der Waals surface area (Å²) in [7, 11) is -3.39. The van der Waals surface area contributed by atoms with E-state index in [0.717, 1.165) is 42.7 Å². The summed E-state index contributed by atoms with van der Waals surface area (Å²) < 4.78 is 31.9. The summed E-state index contributed by atoms with van der Waals surface area (Å²) in [5.41, 5.74) is 0.507. The molecule has 9 heteroatoms. The predicted molar refractivity (Wildman–Crippen MR) is 118 cm³/mol. The lowest BCUT2D eigenvalue weighted by molar-refractivity contribution is -0.133. The number of nitriles is 1. The lowest BCUT2D eigenvalue weighted by Gasteiger charge is -2.24. The highest BCUT2D eigenvalue weighted by Gasteiger charge is 2.37. The molecule has 2 aromatic rings. The molecule has 2 aliphatic heterocycles. The second kappa shape index (κ2) is 8.73. The Morgan fingerprint density at radius 2 is 2.00 bits per heavy atom. The molecule has 0 radical (unpaired) electrons. The summed E-state index contributed by atoms with van der Waals surface area (Å²) in [4.78, 5) is 14.5. The molecule has 2 fully saturated rings. The number of sulfonamides is 1. The molecule has 2 saturated heterocycles. The summed E-state index contributed by atoms with van der Waals surface area (Å²) >= 11 is 0. The van der Waals surface area contributed by atoms with Crippen molar-refractivity contribution in [2.45, 2.75) is 43.8 Å². The topological polar surface area (TPSA) is 112 Å². The van der Waals surface area contributed by atoms with Gasteiger partial charge in [-0.25, -0.2) is 8.42 Å². The Labute approximate surface area is 182 Å². The standard InChI is InChI=1S/C22H26N4O4S/c1-31(28,29)25-19-10-11-21(18-7-3-2-6-17(18)19)30-14-15-8-9-20(24-15)22(27)26-12-4-5-16(26)13-23/h2-3,6-7,10-11,15-16,20,24-25H,4-5,8-9,12,14H2,1H3/t15-,16+,20+/m1/s1. The van der Waals surface area contributed by atoms with Crippen LogP contribution in [0.2, 0.25) is 0 Å². The summed E-state index contributed by atoms with van der Waals surface area (Å²) in [6.45, 7) is 1.05. The fourth-order valence-electron chi connectivity index (χ4n) is 4.39. The van der Waals surface area contributed by atoms with Crippen LogP contribution in [0.5, 0.6) is 5.75 Å². The third-order valence-electron chi connectivity index (χ3n) is 5.84. The second-order valence-corrected chi connectivity index (χ2v) is 9.90. The van der Waals surface area contributed by atoms with Gasteiger partial charge in [0.25, 0.3) is 0 Å². The van der Waals surface area contributed by atoms with Crippen LogP contribution in [0.3, 0.4) is 0 Å². The van der Waals surface area contributed by atoms with Gasteiger partial charge in [-0.15, -0.1) is 0 Å². The van der Waals surface area contributed by atoms with E-state index < -0.39 is 10.0 Å². The highest BCUT2D eigenvalue weighted by molar-refractivity contribution is 7.92. The molecule has 0 unspecified atom stereocenters. The van der Waals surface area contributed by atoms with Gasteiger partial charge >= 0.3 is 0 Å². The van der Waals surface area contributed by atoms with E-state index >= 15 is 0 Å². The largest absolute Gasteiger partial charge is 0.491 e. The van der Waals surface area contributed by atoms with E-state index in [1.807, 2.05) is 24.3 Å². The fourth-order valence-corrected chi connectivity index (χ4v) is 4.96. The molecule has 2 N–H and O–H groups in total. The van der Waals surface area contributed by atoms with E-state index in [0.29, 0.717) is 24.6 Å². The third kappa shape index (κ3) is 4.75. The molecule has 2 heterocycles. The average molecular weight is 443 g/mol. The summed E-state index contributed by atoms with van der Waals surface area (Å²) in [6.07, 6.45) is 4.28. The number of likely N-dealkylation sites (tertiary alicyclic amines) is 1. The predicted octanol–water partition coefficient (Wildman–Crippen LogP) is 2.23. The van der Waals surface area contributed by atoms with Gasteiger partial charge in [-0.2, -0.15) is 5.26 Å². The van der Waals surface area contributed by atoms with Gasteiger partial charge in [-0.1, -0.05) is 24.3 Å². The first kappa shape index (κ1) is 21.4. The van der Waals surface area contributed by atoms with E-state index in [9.17, 15) is 18.5 Å². The van der Waals surface area contributed by atoms with Gasteiger partial charge in [0.05, 0.1) is 24.1 Å². The highest BCUT2D eigenvalue weighted by atomic mass is 32.2. The number of carbonyl (C=O) groups is 1. The molecule has 31 heavy (non-hydrogen) atoms. The molecule has 0 bridgehead atoms. The maximum atomic E-state index is 12.8. The van der Waals surface area contributed by atoms with Crippen molar-refractivity contribution >= 4 is 32.4 Å². The number of benzene rings is 2. The number of nitrogens with one attached hydrogen (secondary N) is 2. The lowest BCUT2D eigenvalue weighted by Crippen LogP contribution is -2.47. The van der Waals surface area contributed by atoms with Crippen molar-refractivity contribution in [3.05, 3.63) is 36.4 Å². The highest BCUT2D eigenvalue weighted by Crippen LogP contribution is 2.32. The molecule has 2 aromatic carbocycles. The summed E-state index contributed by atoms with van der Waals surface area (Å²) in [6, 6.07) is 12.6. The Morgan fingerprint density at radius 3 is 2.74 bits per heavy atom. The molecule has 1 amide bonds. The molecular weight excluding hydrogens is 416 g/mol. The number of fused-ring (bicyclic) bond motifs is 1. The van der Waals surface area contributed by atoms with E-state index in [-0.39, 0.29) is 24.0 Å². The zero-order valence-corrected chi connectivity index (χ0v) is 18.2. The Hall–Kier alpha value is -2.83. The molecule has 0 spiro atoms. The van der Waals surface area contributed by atoms with Gasteiger partial charge in [-0.05, 0) is 37.8 Å². The number of anilines is 1. The smallest absolute Gasteiger partial charge is 0.240 e. The first-order valence-electron chi connectivity index (χ1n) is 10.4. The van der Waals surface area contributed by atoms with E-state index in [2.05, 4.69) is 16.1 Å². The molecular formula is C22H26N4O4S. The van der Waals surface area contributed by atoms with Crippen molar-refractivity contribution < 1.29 is 17.9 Å². The Balaban J connectivity index is 1.42. The zero-order chi connectivity index (χ0) is 22.0. The van der Waals surface area contributed by atoms with Crippen molar-refractivity contribution in [1.29, 1.82) is 5.26 Å². The van der Waals surface area contributed by atoms with E-state index in [4.69, 9.17) is 4.74 Å². The van der Waals surface area contributed by atoms with Gasteiger partial charge in [0.1, 0.15) is 18.4 Å². The van der Waals surface area contributed by atoms with Gasteiger partial charge in [0, 0.05) is 23.4 Å². The van der Waals surface area contributed by atoms with Crippen molar-refractivity contribution in [3.63, 3.8) is 0 Å². The van der Waals surface area contributed by atoms with Gasteiger partial charge in [-0.3, -0.25) is 14.8 Å². The fraction of sp³-hybridized carbons (Fsp3) is 0.455. The van der Waals surface area contributed by atoms with Crippen LogP contribution in [0.1, 0.15) is 25.7 Å². The summed E-state index contributed by atoms with van der Waals surface area (Å²) in [5, 5.41) is 14.2. The minimum atomic E-state index is -3.39. The molecule has 3 atom stereocenters. The molecule has 0 saturated carbocycles. The third-order valence-corrected chi connectivity index (χ3v) is 6.43. The number of nitrogens with zero attached hydrogens (tertiary/aromatic N) is 2. The molecule has 0 aliphatic carbocycles. The number of hydrogen-bond acceptors (Lipinski definition) is 6. The van der Waals surface area contributed by atoms with Crippen LogP contribution < -0.4 is 14.8 Å². The van der Waals surface area contributed by atoms with Crippen LogP contribution in [0.25, 0.3) is 10.8 Å². The van der Waals surface area contributed by atoms with Crippen molar-refractivity contribution in [3.8, 4) is 11.8 Å². The number of amides is 1. The maximum Gasteiger partial charge on any atom is 0.240 e. The Kier molecular flexibility index (Phi) is 6.03. The average Bonchev–Trinajstić information content (AvgIpc) is 3.41. The van der Waals surface area contributed by atoms with Crippen LogP contribution >= 0.6 is 0 Å². The van der Waals surface area contributed by atoms with Crippen molar-refractivity contribution in [1.82, 2.24) is 10.2 Å². The number of hydrogen-bond donors (Lipinski definition) is 2. The molecule has 0 aromatic heterocycles.